The molecule has 0 spiro atoms. The maximum absolute atomic E-state index is 12.5. The molecule has 2 aliphatic rings. The van der Waals surface area contributed by atoms with Gasteiger partial charge in [0, 0.05) is 10.9 Å². The van der Waals surface area contributed by atoms with Crippen molar-refractivity contribution >= 4 is 21.8 Å². The van der Waals surface area contributed by atoms with E-state index < -0.39 is 0 Å². The monoisotopic (exact) mass is 364 g/mol. The van der Waals surface area contributed by atoms with E-state index in [1.807, 2.05) is 12.1 Å². The third-order valence-corrected chi connectivity index (χ3v) is 5.65. The fraction of sp³-hybridized carbons (Fsp3) is 0.611. The van der Waals surface area contributed by atoms with Crippen LogP contribution in [-0.4, -0.2) is 19.0 Å². The second-order valence-corrected chi connectivity index (χ2v) is 7.84. The Morgan fingerprint density at radius 3 is 2.95 bits per heavy atom. The lowest BCUT2D eigenvalue weighted by atomic mass is 9.85. The van der Waals surface area contributed by atoms with Crippen molar-refractivity contribution in [2.24, 2.45) is 11.8 Å². The lowest BCUT2D eigenvalue weighted by Gasteiger charge is -2.28. The Balaban J connectivity index is 1.57. The highest BCUT2D eigenvalue weighted by Gasteiger charge is 2.45. The smallest absolute Gasteiger partial charge is 0.220 e. The van der Waals surface area contributed by atoms with Gasteiger partial charge in [-0.3, -0.25) is 4.79 Å². The maximum Gasteiger partial charge on any atom is 0.220 e. The van der Waals surface area contributed by atoms with Gasteiger partial charge in [0.25, 0.3) is 0 Å². The summed E-state index contributed by atoms with van der Waals surface area (Å²) in [5, 5.41) is 6.75. The molecule has 4 heteroatoms. The van der Waals surface area contributed by atoms with Gasteiger partial charge in [0.05, 0.1) is 5.54 Å². The van der Waals surface area contributed by atoms with Gasteiger partial charge in [-0.05, 0) is 68.3 Å². The van der Waals surface area contributed by atoms with Crippen molar-refractivity contribution in [3.8, 4) is 0 Å². The number of halogens is 1. The molecular formula is C18H25BrN2O. The fourth-order valence-corrected chi connectivity index (χ4v) is 3.94. The minimum absolute atomic E-state index is 0.106. The summed E-state index contributed by atoms with van der Waals surface area (Å²) in [6.07, 6.45) is 5.22. The van der Waals surface area contributed by atoms with Crippen molar-refractivity contribution in [1.29, 1.82) is 0 Å². The number of amides is 1. The Morgan fingerprint density at radius 2 is 2.32 bits per heavy atom. The summed E-state index contributed by atoms with van der Waals surface area (Å²) in [4.78, 5) is 12.5. The molecule has 1 amide bonds. The first-order valence-corrected chi connectivity index (χ1v) is 9.16. The molecule has 2 unspecified atom stereocenters. The summed E-state index contributed by atoms with van der Waals surface area (Å²) in [5.41, 5.74) is 1.12. The van der Waals surface area contributed by atoms with Gasteiger partial charge >= 0.3 is 0 Å². The predicted molar refractivity (Wildman–Crippen MR) is 92.6 cm³/mol. The topological polar surface area (TPSA) is 41.1 Å². The molecule has 0 bridgehead atoms. The van der Waals surface area contributed by atoms with Crippen LogP contribution in [0, 0.1) is 11.8 Å². The molecule has 2 N–H and O–H groups in total. The summed E-state index contributed by atoms with van der Waals surface area (Å²) >= 11 is 3.52. The van der Waals surface area contributed by atoms with Gasteiger partial charge in [-0.25, -0.2) is 0 Å². The Morgan fingerprint density at radius 1 is 1.50 bits per heavy atom. The lowest BCUT2D eigenvalue weighted by molar-refractivity contribution is -0.123. The van der Waals surface area contributed by atoms with Crippen molar-refractivity contribution in [2.45, 2.75) is 44.6 Å². The van der Waals surface area contributed by atoms with Crippen LogP contribution in [0.4, 0.5) is 0 Å². The average Bonchev–Trinajstić information content (AvgIpc) is 3.29. The van der Waals surface area contributed by atoms with Crippen LogP contribution in [0.1, 0.15) is 44.6 Å². The third-order valence-electron chi connectivity index (χ3n) is 5.15. The molecule has 1 saturated carbocycles. The molecule has 1 aliphatic heterocycles. The molecule has 22 heavy (non-hydrogen) atoms. The lowest BCUT2D eigenvalue weighted by Crippen LogP contribution is -2.38. The van der Waals surface area contributed by atoms with E-state index in [-0.39, 0.29) is 11.4 Å². The highest BCUT2D eigenvalue weighted by Crippen LogP contribution is 2.46. The SMILES string of the molecule is CC(CC(=O)NC1(c2cccc(Br)c2)CC1)C1CCCNC1. The number of benzene rings is 1. The third kappa shape index (κ3) is 3.72. The summed E-state index contributed by atoms with van der Waals surface area (Å²) in [7, 11) is 0. The largest absolute Gasteiger partial charge is 0.347 e. The molecule has 2 atom stereocenters. The highest BCUT2D eigenvalue weighted by molar-refractivity contribution is 9.10. The van der Waals surface area contributed by atoms with E-state index in [4.69, 9.17) is 0 Å². The van der Waals surface area contributed by atoms with E-state index >= 15 is 0 Å². The summed E-state index contributed by atoms with van der Waals surface area (Å²) in [5.74, 6) is 1.29. The minimum Gasteiger partial charge on any atom is -0.347 e. The van der Waals surface area contributed by atoms with E-state index in [0.29, 0.717) is 18.3 Å². The number of carbonyl (C=O) groups is 1. The first kappa shape index (κ1) is 16.0. The molecule has 1 heterocycles. The molecule has 1 aromatic rings. The van der Waals surface area contributed by atoms with Crippen molar-refractivity contribution in [3.05, 3.63) is 34.3 Å². The van der Waals surface area contributed by atoms with Crippen LogP contribution in [-0.2, 0) is 10.3 Å². The van der Waals surface area contributed by atoms with Gasteiger partial charge in [0.1, 0.15) is 0 Å². The second-order valence-electron chi connectivity index (χ2n) is 6.93. The standard InChI is InChI=1S/C18H25BrN2O/c1-13(14-4-3-9-20-12-14)10-17(22)21-18(7-8-18)15-5-2-6-16(19)11-15/h2,5-6,11,13-14,20H,3-4,7-10,12H2,1H3,(H,21,22). The molecule has 3 nitrogen and oxygen atoms in total. The van der Waals surface area contributed by atoms with Gasteiger partial charge in [-0.2, -0.15) is 0 Å². The molecule has 1 aromatic carbocycles. The van der Waals surface area contributed by atoms with E-state index in [1.54, 1.807) is 0 Å². The number of piperidine rings is 1. The average molecular weight is 365 g/mol. The van der Waals surface area contributed by atoms with Crippen molar-refractivity contribution < 1.29 is 4.79 Å². The Labute approximate surface area is 141 Å². The zero-order valence-electron chi connectivity index (χ0n) is 13.2. The molecule has 1 saturated heterocycles. The number of hydrogen-bond donors (Lipinski definition) is 2. The second kappa shape index (κ2) is 6.71. The first-order valence-electron chi connectivity index (χ1n) is 8.37. The van der Waals surface area contributed by atoms with Crippen LogP contribution in [0.2, 0.25) is 0 Å². The molecule has 0 aromatic heterocycles. The van der Waals surface area contributed by atoms with Crippen LogP contribution in [0.15, 0.2) is 28.7 Å². The van der Waals surface area contributed by atoms with E-state index in [1.165, 1.54) is 18.4 Å². The summed E-state index contributed by atoms with van der Waals surface area (Å²) in [6, 6.07) is 8.32. The molecule has 3 rings (SSSR count). The Kier molecular flexibility index (Phi) is 4.88. The van der Waals surface area contributed by atoms with Gasteiger partial charge in [0.2, 0.25) is 5.91 Å². The molecule has 1 aliphatic carbocycles. The molecular weight excluding hydrogens is 340 g/mol. The van der Waals surface area contributed by atoms with Gasteiger partial charge in [-0.1, -0.05) is 35.0 Å². The van der Waals surface area contributed by atoms with Gasteiger partial charge in [-0.15, -0.1) is 0 Å². The first-order chi connectivity index (χ1) is 10.6. The summed E-state index contributed by atoms with van der Waals surface area (Å²) < 4.78 is 1.08. The van der Waals surface area contributed by atoms with Crippen molar-refractivity contribution in [2.75, 3.05) is 13.1 Å². The minimum atomic E-state index is -0.106. The number of carbonyl (C=O) groups excluding carboxylic acids is 1. The maximum atomic E-state index is 12.5. The van der Waals surface area contributed by atoms with E-state index in [9.17, 15) is 4.79 Å². The van der Waals surface area contributed by atoms with Crippen LogP contribution in [0.5, 0.6) is 0 Å². The normalized spacial score (nSPS) is 24.5. The van der Waals surface area contributed by atoms with Gasteiger partial charge in [0.15, 0.2) is 0 Å². The summed E-state index contributed by atoms with van der Waals surface area (Å²) in [6.45, 7) is 4.41. The molecule has 120 valence electrons. The Hall–Kier alpha value is -0.870. The predicted octanol–water partition coefficient (Wildman–Crippen LogP) is 3.58. The number of nitrogens with one attached hydrogen (secondary N) is 2. The number of rotatable bonds is 5. The zero-order chi connectivity index (χ0) is 15.6. The number of hydrogen-bond acceptors (Lipinski definition) is 2. The van der Waals surface area contributed by atoms with Crippen LogP contribution >= 0.6 is 15.9 Å². The highest BCUT2D eigenvalue weighted by atomic mass is 79.9. The Bertz CT molecular complexity index is 536. The van der Waals surface area contributed by atoms with Crippen molar-refractivity contribution in [3.63, 3.8) is 0 Å². The fourth-order valence-electron chi connectivity index (χ4n) is 3.54. The van der Waals surface area contributed by atoms with Crippen LogP contribution in [0.3, 0.4) is 0 Å². The van der Waals surface area contributed by atoms with E-state index in [0.717, 1.165) is 30.4 Å². The van der Waals surface area contributed by atoms with Crippen LogP contribution in [0.25, 0.3) is 0 Å². The van der Waals surface area contributed by atoms with Crippen LogP contribution < -0.4 is 10.6 Å². The van der Waals surface area contributed by atoms with Gasteiger partial charge < -0.3 is 10.6 Å². The molecule has 2 fully saturated rings. The zero-order valence-corrected chi connectivity index (χ0v) is 14.8. The quantitative estimate of drug-likeness (QED) is 0.838. The molecule has 0 radical (unpaired) electrons. The van der Waals surface area contributed by atoms with E-state index in [2.05, 4.69) is 45.6 Å². The van der Waals surface area contributed by atoms with Crippen molar-refractivity contribution in [1.82, 2.24) is 10.6 Å².